The Kier molecular flexibility index (Phi) is 4.31. The van der Waals surface area contributed by atoms with Gasteiger partial charge in [-0.2, -0.15) is 10.2 Å². The Bertz CT molecular complexity index is 1350. The number of rotatable bonds is 5. The molecule has 0 radical (unpaired) electrons. The van der Waals surface area contributed by atoms with E-state index in [2.05, 4.69) is 25.6 Å². The minimum atomic E-state index is -0.267. The zero-order valence-electron chi connectivity index (χ0n) is 16.9. The smallest absolute Gasteiger partial charge is 0.138 e. The Morgan fingerprint density at radius 1 is 1.17 bits per heavy atom. The van der Waals surface area contributed by atoms with Crippen molar-refractivity contribution in [2.45, 2.75) is 13.0 Å². The number of nitrogens with zero attached hydrogens (tertiary/aromatic N) is 5. The first kappa shape index (κ1) is 18.1. The van der Waals surface area contributed by atoms with Crippen LogP contribution in [0.4, 0.5) is 5.82 Å². The lowest BCUT2D eigenvalue weighted by Gasteiger charge is -2.17. The number of pyridine rings is 2. The van der Waals surface area contributed by atoms with E-state index in [-0.39, 0.29) is 6.10 Å². The van der Waals surface area contributed by atoms with Crippen molar-refractivity contribution in [2.24, 2.45) is 7.05 Å². The summed E-state index contributed by atoms with van der Waals surface area (Å²) in [6.45, 7) is 2.00. The van der Waals surface area contributed by atoms with Crippen molar-refractivity contribution >= 4 is 27.6 Å². The van der Waals surface area contributed by atoms with E-state index in [9.17, 15) is 0 Å². The first-order valence-corrected chi connectivity index (χ1v) is 9.69. The third kappa shape index (κ3) is 3.12. The maximum absolute atomic E-state index is 6.30. The minimum Gasteiger partial charge on any atom is -0.484 e. The highest BCUT2D eigenvalue weighted by molar-refractivity contribution is 5.93. The summed E-state index contributed by atoms with van der Waals surface area (Å²) in [5.41, 5.74) is 4.46. The normalized spacial score (nSPS) is 12.4. The van der Waals surface area contributed by atoms with E-state index in [4.69, 9.17) is 9.72 Å². The summed E-state index contributed by atoms with van der Waals surface area (Å²) in [4.78, 5) is 9.20. The van der Waals surface area contributed by atoms with E-state index < -0.39 is 0 Å². The molecule has 1 atom stereocenters. The number of aryl methyl sites for hydroxylation is 1. The van der Waals surface area contributed by atoms with Crippen LogP contribution in [0.2, 0.25) is 0 Å². The Hall–Kier alpha value is -3.94. The molecule has 8 nitrogen and oxygen atoms in total. The molecular weight excluding hydrogens is 378 g/mol. The van der Waals surface area contributed by atoms with Crippen molar-refractivity contribution in [1.29, 1.82) is 0 Å². The van der Waals surface area contributed by atoms with Crippen molar-refractivity contribution in [3.05, 3.63) is 60.7 Å². The van der Waals surface area contributed by atoms with Gasteiger partial charge in [0.2, 0.25) is 0 Å². The van der Waals surface area contributed by atoms with Gasteiger partial charge in [-0.1, -0.05) is 0 Å². The van der Waals surface area contributed by atoms with Crippen molar-refractivity contribution in [3.63, 3.8) is 0 Å². The summed E-state index contributed by atoms with van der Waals surface area (Å²) in [6, 6.07) is 11.8. The van der Waals surface area contributed by atoms with Crippen molar-refractivity contribution < 1.29 is 4.74 Å². The highest BCUT2D eigenvalue weighted by atomic mass is 16.5. The molecule has 2 N–H and O–H groups in total. The molecule has 0 aliphatic carbocycles. The van der Waals surface area contributed by atoms with E-state index >= 15 is 0 Å². The van der Waals surface area contributed by atoms with Gasteiger partial charge in [-0.25, -0.2) is 4.98 Å². The summed E-state index contributed by atoms with van der Waals surface area (Å²) in [7, 11) is 3.74. The standard InChI is InChI=1S/C22H21N7O/c1-13(21-16-5-4-8-24-19(16)10-20(23-2)26-21)30-15-6-7-18-17(9-15)22(28-27-18)14-11-25-29(3)12-14/h4-13H,1-3H3,(H,23,26)(H,27,28). The first-order valence-electron chi connectivity index (χ1n) is 9.69. The third-order valence-electron chi connectivity index (χ3n) is 5.10. The fourth-order valence-corrected chi connectivity index (χ4v) is 3.63. The van der Waals surface area contributed by atoms with Gasteiger partial charge in [-0.05, 0) is 37.3 Å². The fraction of sp³-hybridized carbons (Fsp3) is 0.182. The van der Waals surface area contributed by atoms with Crippen LogP contribution in [0.15, 0.2) is 55.0 Å². The van der Waals surface area contributed by atoms with E-state index in [1.807, 2.05) is 63.6 Å². The number of hydrogen-bond acceptors (Lipinski definition) is 6. The first-order chi connectivity index (χ1) is 14.6. The summed E-state index contributed by atoms with van der Waals surface area (Å²) < 4.78 is 8.06. The average Bonchev–Trinajstić information content (AvgIpc) is 3.38. The number of aromatic amines is 1. The van der Waals surface area contributed by atoms with Gasteiger partial charge in [0.25, 0.3) is 0 Å². The lowest BCUT2D eigenvalue weighted by Crippen LogP contribution is -2.08. The largest absolute Gasteiger partial charge is 0.484 e. The van der Waals surface area contributed by atoms with Crippen molar-refractivity contribution in [2.75, 3.05) is 12.4 Å². The van der Waals surface area contributed by atoms with Crippen LogP contribution in [0.1, 0.15) is 18.7 Å². The molecule has 0 aliphatic heterocycles. The van der Waals surface area contributed by atoms with E-state index in [1.165, 1.54) is 0 Å². The number of benzene rings is 1. The molecule has 1 aromatic carbocycles. The molecule has 0 bridgehead atoms. The molecule has 5 aromatic rings. The maximum Gasteiger partial charge on any atom is 0.138 e. The molecule has 4 heterocycles. The molecule has 30 heavy (non-hydrogen) atoms. The van der Waals surface area contributed by atoms with Crippen LogP contribution in [0.5, 0.6) is 5.75 Å². The number of aromatic nitrogens is 6. The molecule has 0 amide bonds. The summed E-state index contributed by atoms with van der Waals surface area (Å²) >= 11 is 0. The fourth-order valence-electron chi connectivity index (χ4n) is 3.63. The Morgan fingerprint density at radius 2 is 2.07 bits per heavy atom. The molecule has 0 saturated heterocycles. The van der Waals surface area contributed by atoms with Crippen molar-refractivity contribution in [3.8, 4) is 17.0 Å². The monoisotopic (exact) mass is 399 g/mol. The molecule has 4 aromatic heterocycles. The molecule has 150 valence electrons. The maximum atomic E-state index is 6.30. The second-order valence-corrected chi connectivity index (χ2v) is 7.16. The van der Waals surface area contributed by atoms with E-state index in [0.717, 1.165) is 50.3 Å². The quantitative estimate of drug-likeness (QED) is 0.462. The molecule has 0 aliphatic rings. The van der Waals surface area contributed by atoms with E-state index in [0.29, 0.717) is 0 Å². The second kappa shape index (κ2) is 7.14. The average molecular weight is 399 g/mol. The molecule has 0 fully saturated rings. The van der Waals surface area contributed by atoms with Crippen LogP contribution >= 0.6 is 0 Å². The highest BCUT2D eigenvalue weighted by Crippen LogP contribution is 2.32. The lowest BCUT2D eigenvalue weighted by atomic mass is 10.1. The zero-order chi connectivity index (χ0) is 20.7. The number of nitrogens with one attached hydrogen (secondary N) is 2. The third-order valence-corrected chi connectivity index (χ3v) is 5.10. The van der Waals surface area contributed by atoms with Gasteiger partial charge in [0.1, 0.15) is 23.4 Å². The molecule has 5 rings (SSSR count). The molecule has 0 saturated carbocycles. The predicted molar refractivity (Wildman–Crippen MR) is 116 cm³/mol. The topological polar surface area (TPSA) is 93.5 Å². The molecule has 8 heteroatoms. The number of hydrogen-bond donors (Lipinski definition) is 2. The minimum absolute atomic E-state index is 0.267. The summed E-state index contributed by atoms with van der Waals surface area (Å²) in [6.07, 6.45) is 5.26. The second-order valence-electron chi connectivity index (χ2n) is 7.16. The zero-order valence-corrected chi connectivity index (χ0v) is 16.9. The van der Waals surface area contributed by atoms with Crippen LogP contribution in [-0.4, -0.2) is 37.0 Å². The predicted octanol–water partition coefficient (Wildman–Crippen LogP) is 4.09. The van der Waals surface area contributed by atoms with Crippen molar-refractivity contribution in [1.82, 2.24) is 29.9 Å². The number of fused-ring (bicyclic) bond motifs is 2. The summed E-state index contributed by atoms with van der Waals surface area (Å²) in [5.74, 6) is 1.51. The van der Waals surface area contributed by atoms with Crippen LogP contribution in [0.3, 0.4) is 0 Å². The molecule has 0 spiro atoms. The van der Waals surface area contributed by atoms with Gasteiger partial charge in [0.05, 0.1) is 22.9 Å². The number of anilines is 1. The lowest BCUT2D eigenvalue weighted by molar-refractivity contribution is 0.224. The number of H-pyrrole nitrogens is 1. The van der Waals surface area contributed by atoms with Crippen LogP contribution in [0.25, 0.3) is 33.1 Å². The number of ether oxygens (including phenoxy) is 1. The van der Waals surface area contributed by atoms with Gasteiger partial charge in [0, 0.05) is 48.9 Å². The van der Waals surface area contributed by atoms with Crippen LogP contribution in [0, 0.1) is 0 Å². The van der Waals surface area contributed by atoms with Crippen LogP contribution in [-0.2, 0) is 7.05 Å². The van der Waals surface area contributed by atoms with E-state index in [1.54, 1.807) is 17.1 Å². The van der Waals surface area contributed by atoms with Gasteiger partial charge < -0.3 is 10.1 Å². The molecule has 1 unspecified atom stereocenters. The van der Waals surface area contributed by atoms with Gasteiger partial charge in [-0.15, -0.1) is 0 Å². The van der Waals surface area contributed by atoms with Gasteiger partial charge in [-0.3, -0.25) is 14.8 Å². The summed E-state index contributed by atoms with van der Waals surface area (Å²) in [5, 5.41) is 16.8. The Morgan fingerprint density at radius 3 is 2.87 bits per heavy atom. The van der Waals surface area contributed by atoms with Gasteiger partial charge >= 0.3 is 0 Å². The SMILES string of the molecule is CNc1cc2ncccc2c(C(C)Oc2ccc3[nH]nc(-c4cnn(C)c4)c3c2)n1. The Balaban J connectivity index is 1.52. The Labute approximate surface area is 172 Å². The van der Waals surface area contributed by atoms with Gasteiger partial charge in [0.15, 0.2) is 0 Å². The highest BCUT2D eigenvalue weighted by Gasteiger charge is 2.17. The molecular formula is C22H21N7O. The van der Waals surface area contributed by atoms with Crippen LogP contribution < -0.4 is 10.1 Å².